The van der Waals surface area contributed by atoms with E-state index in [-0.39, 0.29) is 17.6 Å². The minimum atomic E-state index is -0.284. The van der Waals surface area contributed by atoms with E-state index >= 15 is 0 Å². The molecular weight excluding hydrogens is 371 g/mol. The molecule has 2 amide bonds. The second-order valence-electron chi connectivity index (χ2n) is 6.40. The fourth-order valence-electron chi connectivity index (χ4n) is 2.75. The van der Waals surface area contributed by atoms with Gasteiger partial charge in [-0.2, -0.15) is 0 Å². The topological polar surface area (TPSA) is 67.4 Å². The fourth-order valence-corrected chi connectivity index (χ4v) is 2.75. The number of halogens is 1. The number of amides is 2. The molecule has 5 nitrogen and oxygen atoms in total. The zero-order valence-corrected chi connectivity index (χ0v) is 15.9. The van der Waals surface area contributed by atoms with Crippen molar-refractivity contribution in [3.8, 4) is 5.75 Å². The third-order valence-electron chi connectivity index (χ3n) is 4.35. The van der Waals surface area contributed by atoms with Crippen LogP contribution in [0.25, 0.3) is 0 Å². The number of carbonyl (C=O) groups excluding carboxylic acids is 2. The molecule has 0 saturated heterocycles. The van der Waals surface area contributed by atoms with Gasteiger partial charge in [-0.05, 0) is 60.5 Å². The molecule has 3 rings (SSSR count). The Morgan fingerprint density at radius 1 is 0.897 bits per heavy atom. The zero-order valence-electron chi connectivity index (χ0n) is 15.9. The van der Waals surface area contributed by atoms with Crippen LogP contribution in [-0.4, -0.2) is 25.5 Å². The summed E-state index contributed by atoms with van der Waals surface area (Å²) in [5.41, 5.74) is 2.46. The van der Waals surface area contributed by atoms with Gasteiger partial charge in [-0.1, -0.05) is 18.2 Å². The van der Waals surface area contributed by atoms with Gasteiger partial charge in [0.1, 0.15) is 11.6 Å². The summed E-state index contributed by atoms with van der Waals surface area (Å²) in [7, 11) is 1.56. The maximum atomic E-state index is 12.9. The highest BCUT2D eigenvalue weighted by molar-refractivity contribution is 6.05. The van der Waals surface area contributed by atoms with Gasteiger partial charge < -0.3 is 15.4 Å². The van der Waals surface area contributed by atoms with Crippen molar-refractivity contribution in [3.63, 3.8) is 0 Å². The molecule has 0 aliphatic rings. The molecule has 0 saturated carbocycles. The highest BCUT2D eigenvalue weighted by Gasteiger charge is 2.09. The van der Waals surface area contributed by atoms with Crippen molar-refractivity contribution in [2.24, 2.45) is 0 Å². The Hall–Kier alpha value is -3.67. The minimum Gasteiger partial charge on any atom is -0.497 e. The Bertz CT molecular complexity index is 986. The number of hydrogen-bond donors (Lipinski definition) is 2. The molecule has 0 spiro atoms. The highest BCUT2D eigenvalue weighted by atomic mass is 19.1. The molecule has 6 heteroatoms. The summed E-state index contributed by atoms with van der Waals surface area (Å²) < 4.78 is 18.0. The summed E-state index contributed by atoms with van der Waals surface area (Å²) in [4.78, 5) is 24.6. The van der Waals surface area contributed by atoms with Crippen molar-refractivity contribution >= 4 is 17.5 Å². The number of nitrogens with one attached hydrogen (secondary N) is 2. The van der Waals surface area contributed by atoms with Gasteiger partial charge in [0.2, 0.25) is 0 Å². The molecule has 2 N–H and O–H groups in total. The third-order valence-corrected chi connectivity index (χ3v) is 4.35. The van der Waals surface area contributed by atoms with Crippen LogP contribution in [0.15, 0.2) is 72.8 Å². The quantitative estimate of drug-likeness (QED) is 0.637. The molecule has 0 aliphatic carbocycles. The monoisotopic (exact) mass is 392 g/mol. The summed E-state index contributed by atoms with van der Waals surface area (Å²) in [5, 5.41) is 5.61. The van der Waals surface area contributed by atoms with Crippen LogP contribution in [0.5, 0.6) is 5.75 Å². The highest BCUT2D eigenvalue weighted by Crippen LogP contribution is 2.17. The van der Waals surface area contributed by atoms with Gasteiger partial charge in [-0.15, -0.1) is 0 Å². The second kappa shape index (κ2) is 9.50. The lowest BCUT2D eigenvalue weighted by Gasteiger charge is -2.08. The van der Waals surface area contributed by atoms with E-state index in [2.05, 4.69) is 10.6 Å². The standard InChI is InChI=1S/C23H21FN2O3/c1-29-21-4-2-3-20(15-21)26-23(28)18-9-7-17(8-10-18)22(27)25-14-13-16-5-11-19(24)12-6-16/h2-12,15H,13-14H2,1H3,(H,25,27)(H,26,28). The van der Waals surface area contributed by atoms with Crippen molar-refractivity contribution in [2.75, 3.05) is 19.0 Å². The zero-order chi connectivity index (χ0) is 20.6. The normalized spacial score (nSPS) is 10.3. The second-order valence-corrected chi connectivity index (χ2v) is 6.40. The number of rotatable bonds is 7. The number of ether oxygens (including phenoxy) is 1. The van der Waals surface area contributed by atoms with E-state index in [4.69, 9.17) is 4.74 Å². The van der Waals surface area contributed by atoms with E-state index in [0.29, 0.717) is 35.5 Å². The summed E-state index contributed by atoms with van der Waals surface area (Å²) in [5.74, 6) is -0.142. The Labute approximate surface area is 168 Å². The van der Waals surface area contributed by atoms with Crippen LogP contribution in [0.3, 0.4) is 0 Å². The predicted molar refractivity (Wildman–Crippen MR) is 110 cm³/mol. The number of hydrogen-bond acceptors (Lipinski definition) is 3. The largest absolute Gasteiger partial charge is 0.497 e. The summed E-state index contributed by atoms with van der Waals surface area (Å²) in [6, 6.07) is 19.7. The smallest absolute Gasteiger partial charge is 0.255 e. The summed E-state index contributed by atoms with van der Waals surface area (Å²) in [6.45, 7) is 0.433. The number of methoxy groups -OCH3 is 1. The number of benzene rings is 3. The van der Waals surface area contributed by atoms with Crippen molar-refractivity contribution in [1.29, 1.82) is 0 Å². The van der Waals surface area contributed by atoms with Gasteiger partial charge in [0, 0.05) is 29.4 Å². The maximum Gasteiger partial charge on any atom is 0.255 e. The predicted octanol–water partition coefficient (Wildman–Crippen LogP) is 4.06. The Morgan fingerprint density at radius 3 is 2.21 bits per heavy atom. The van der Waals surface area contributed by atoms with Crippen molar-refractivity contribution in [1.82, 2.24) is 5.32 Å². The number of carbonyl (C=O) groups is 2. The lowest BCUT2D eigenvalue weighted by Crippen LogP contribution is -2.25. The molecule has 0 radical (unpaired) electrons. The molecule has 0 fully saturated rings. The minimum absolute atomic E-state index is 0.230. The van der Waals surface area contributed by atoms with Crippen LogP contribution in [0.2, 0.25) is 0 Å². The first-order chi connectivity index (χ1) is 14.0. The molecule has 148 valence electrons. The fraction of sp³-hybridized carbons (Fsp3) is 0.130. The molecule has 0 heterocycles. The Balaban J connectivity index is 1.53. The van der Waals surface area contributed by atoms with Crippen LogP contribution < -0.4 is 15.4 Å². The van der Waals surface area contributed by atoms with E-state index < -0.39 is 0 Å². The molecule has 3 aromatic rings. The van der Waals surface area contributed by atoms with Crippen LogP contribution in [0.1, 0.15) is 26.3 Å². The third kappa shape index (κ3) is 5.65. The molecule has 0 unspecified atom stereocenters. The van der Waals surface area contributed by atoms with Crippen LogP contribution in [0, 0.1) is 5.82 Å². The van der Waals surface area contributed by atoms with E-state index in [1.54, 1.807) is 67.8 Å². The first kappa shape index (κ1) is 20.1. The lowest BCUT2D eigenvalue weighted by molar-refractivity contribution is 0.0952. The molecule has 29 heavy (non-hydrogen) atoms. The summed E-state index contributed by atoms with van der Waals surface area (Å²) in [6.07, 6.45) is 0.604. The average Bonchev–Trinajstić information content (AvgIpc) is 2.75. The van der Waals surface area contributed by atoms with Gasteiger partial charge in [0.25, 0.3) is 11.8 Å². The first-order valence-corrected chi connectivity index (χ1v) is 9.13. The van der Waals surface area contributed by atoms with E-state index in [1.165, 1.54) is 12.1 Å². The van der Waals surface area contributed by atoms with Gasteiger partial charge in [-0.25, -0.2) is 4.39 Å². The van der Waals surface area contributed by atoms with Crippen molar-refractivity contribution < 1.29 is 18.7 Å². The average molecular weight is 392 g/mol. The van der Waals surface area contributed by atoms with E-state index in [9.17, 15) is 14.0 Å². The van der Waals surface area contributed by atoms with Gasteiger partial charge in [0.05, 0.1) is 7.11 Å². The van der Waals surface area contributed by atoms with Crippen LogP contribution in [-0.2, 0) is 6.42 Å². The van der Waals surface area contributed by atoms with Crippen molar-refractivity contribution in [3.05, 3.63) is 95.3 Å². The van der Waals surface area contributed by atoms with Crippen LogP contribution >= 0.6 is 0 Å². The lowest BCUT2D eigenvalue weighted by atomic mass is 10.1. The molecule has 0 aromatic heterocycles. The van der Waals surface area contributed by atoms with Gasteiger partial charge >= 0.3 is 0 Å². The van der Waals surface area contributed by atoms with Gasteiger partial charge in [0.15, 0.2) is 0 Å². The van der Waals surface area contributed by atoms with E-state index in [1.807, 2.05) is 0 Å². The van der Waals surface area contributed by atoms with Crippen molar-refractivity contribution in [2.45, 2.75) is 6.42 Å². The molecule has 3 aromatic carbocycles. The number of anilines is 1. The Kier molecular flexibility index (Phi) is 6.58. The SMILES string of the molecule is COc1cccc(NC(=O)c2ccc(C(=O)NCCc3ccc(F)cc3)cc2)c1. The first-order valence-electron chi connectivity index (χ1n) is 9.13. The molecule has 0 bridgehead atoms. The molecule has 0 atom stereocenters. The molecular formula is C23H21FN2O3. The molecule has 0 aliphatic heterocycles. The van der Waals surface area contributed by atoms with Crippen LogP contribution in [0.4, 0.5) is 10.1 Å². The van der Waals surface area contributed by atoms with Gasteiger partial charge in [-0.3, -0.25) is 9.59 Å². The Morgan fingerprint density at radius 2 is 1.55 bits per heavy atom. The maximum absolute atomic E-state index is 12.9. The van der Waals surface area contributed by atoms with E-state index in [0.717, 1.165) is 5.56 Å². The summed E-state index contributed by atoms with van der Waals surface area (Å²) >= 11 is 0.